The van der Waals surface area contributed by atoms with Gasteiger partial charge in [-0.15, -0.1) is 12.4 Å². The molecular weight excluding hydrogens is 258 g/mol. The molecule has 0 amide bonds. The number of hydrogen-bond donors (Lipinski definition) is 1. The third-order valence-corrected chi connectivity index (χ3v) is 3.30. The Labute approximate surface area is 113 Å². The van der Waals surface area contributed by atoms with Gasteiger partial charge in [0.1, 0.15) is 11.6 Å². The van der Waals surface area contributed by atoms with Crippen LogP contribution in [0, 0.1) is 11.6 Å². The van der Waals surface area contributed by atoms with Crippen LogP contribution in [0.4, 0.5) is 8.78 Å². The summed E-state index contributed by atoms with van der Waals surface area (Å²) in [6.07, 6.45) is 0.792. The number of rotatable bonds is 3. The predicted octanol–water partition coefficient (Wildman–Crippen LogP) is 2.74. The molecule has 1 aromatic carbocycles. The number of piperazine rings is 1. The second-order valence-electron chi connectivity index (χ2n) is 4.38. The standard InChI is InChI=1S/C13H18F2N2.ClH/c1-2-13(17-7-5-16-6-8-17)11-9-10(14)3-4-12(11)15;/h3-4,9,13,16H,2,5-8H2,1H3;1H/t13-;/m0./s1. The Kier molecular flexibility index (Phi) is 5.99. The minimum absolute atomic E-state index is 0. The molecule has 0 radical (unpaired) electrons. The minimum Gasteiger partial charge on any atom is -0.314 e. The SMILES string of the molecule is CC[C@@H](c1cc(F)ccc1F)N1CCNCC1.Cl. The highest BCUT2D eigenvalue weighted by Gasteiger charge is 2.23. The van der Waals surface area contributed by atoms with Gasteiger partial charge in [-0.05, 0) is 24.6 Å². The van der Waals surface area contributed by atoms with Crippen LogP contribution >= 0.6 is 12.4 Å². The van der Waals surface area contributed by atoms with Crippen molar-refractivity contribution in [1.82, 2.24) is 10.2 Å². The molecule has 1 saturated heterocycles. The van der Waals surface area contributed by atoms with Gasteiger partial charge in [-0.25, -0.2) is 8.78 Å². The molecule has 1 heterocycles. The summed E-state index contributed by atoms with van der Waals surface area (Å²) >= 11 is 0. The van der Waals surface area contributed by atoms with Crippen LogP contribution in [0.15, 0.2) is 18.2 Å². The van der Waals surface area contributed by atoms with Gasteiger partial charge in [0.2, 0.25) is 0 Å². The Balaban J connectivity index is 0.00000162. The molecule has 0 spiro atoms. The molecular formula is C13H19ClF2N2. The Morgan fingerprint density at radius 3 is 2.56 bits per heavy atom. The number of hydrogen-bond acceptors (Lipinski definition) is 2. The van der Waals surface area contributed by atoms with Crippen LogP contribution in [-0.2, 0) is 0 Å². The molecule has 102 valence electrons. The largest absolute Gasteiger partial charge is 0.314 e. The van der Waals surface area contributed by atoms with E-state index in [-0.39, 0.29) is 30.1 Å². The van der Waals surface area contributed by atoms with Crippen molar-refractivity contribution in [1.29, 1.82) is 0 Å². The lowest BCUT2D eigenvalue weighted by Gasteiger charge is -2.34. The minimum atomic E-state index is -0.366. The molecule has 1 aliphatic rings. The van der Waals surface area contributed by atoms with E-state index >= 15 is 0 Å². The summed E-state index contributed by atoms with van der Waals surface area (Å²) in [5.74, 6) is -0.674. The van der Waals surface area contributed by atoms with E-state index < -0.39 is 0 Å². The third kappa shape index (κ3) is 3.40. The average molecular weight is 277 g/mol. The van der Waals surface area contributed by atoms with Gasteiger partial charge in [0.15, 0.2) is 0 Å². The summed E-state index contributed by atoms with van der Waals surface area (Å²) in [4.78, 5) is 2.22. The predicted molar refractivity (Wildman–Crippen MR) is 71.1 cm³/mol. The van der Waals surface area contributed by atoms with Crippen molar-refractivity contribution < 1.29 is 8.78 Å². The van der Waals surface area contributed by atoms with Crippen LogP contribution in [0.3, 0.4) is 0 Å². The van der Waals surface area contributed by atoms with Crippen LogP contribution < -0.4 is 5.32 Å². The van der Waals surface area contributed by atoms with Crippen LogP contribution in [0.5, 0.6) is 0 Å². The topological polar surface area (TPSA) is 15.3 Å². The van der Waals surface area contributed by atoms with Crippen LogP contribution in [0.25, 0.3) is 0 Å². The van der Waals surface area contributed by atoms with Gasteiger partial charge in [0.05, 0.1) is 0 Å². The second kappa shape index (κ2) is 7.02. The van der Waals surface area contributed by atoms with E-state index in [0.717, 1.165) is 32.6 Å². The highest BCUT2D eigenvalue weighted by Crippen LogP contribution is 2.27. The highest BCUT2D eigenvalue weighted by atomic mass is 35.5. The van der Waals surface area contributed by atoms with Gasteiger partial charge in [0, 0.05) is 37.8 Å². The lowest BCUT2D eigenvalue weighted by atomic mass is 10.0. The van der Waals surface area contributed by atoms with E-state index in [0.29, 0.717) is 5.56 Å². The molecule has 2 rings (SSSR count). The summed E-state index contributed by atoms with van der Waals surface area (Å²) in [5.41, 5.74) is 0.481. The van der Waals surface area contributed by atoms with E-state index in [1.54, 1.807) is 0 Å². The van der Waals surface area contributed by atoms with E-state index in [2.05, 4.69) is 10.2 Å². The maximum atomic E-state index is 13.8. The molecule has 1 N–H and O–H groups in total. The van der Waals surface area contributed by atoms with Crippen molar-refractivity contribution in [2.45, 2.75) is 19.4 Å². The summed E-state index contributed by atoms with van der Waals surface area (Å²) in [5, 5.41) is 3.26. The zero-order valence-corrected chi connectivity index (χ0v) is 11.3. The number of nitrogens with zero attached hydrogens (tertiary/aromatic N) is 1. The molecule has 1 fully saturated rings. The quantitative estimate of drug-likeness (QED) is 0.913. The Hall–Kier alpha value is -0.710. The van der Waals surface area contributed by atoms with Crippen molar-refractivity contribution >= 4 is 12.4 Å². The number of benzene rings is 1. The fourth-order valence-electron chi connectivity index (χ4n) is 2.44. The first-order valence-electron chi connectivity index (χ1n) is 6.12. The molecule has 2 nitrogen and oxygen atoms in total. The zero-order chi connectivity index (χ0) is 12.3. The van der Waals surface area contributed by atoms with Crippen LogP contribution in [0.2, 0.25) is 0 Å². The molecule has 0 unspecified atom stereocenters. The fourth-order valence-corrected chi connectivity index (χ4v) is 2.44. The normalized spacial score (nSPS) is 18.2. The smallest absolute Gasteiger partial charge is 0.128 e. The number of halogens is 3. The molecule has 0 bridgehead atoms. The Morgan fingerprint density at radius 1 is 1.28 bits per heavy atom. The van der Waals surface area contributed by atoms with E-state index in [1.807, 2.05) is 6.92 Å². The molecule has 1 aliphatic heterocycles. The highest BCUT2D eigenvalue weighted by molar-refractivity contribution is 5.85. The van der Waals surface area contributed by atoms with Crippen LogP contribution in [0.1, 0.15) is 24.9 Å². The van der Waals surface area contributed by atoms with Crippen molar-refractivity contribution in [3.8, 4) is 0 Å². The van der Waals surface area contributed by atoms with Gasteiger partial charge < -0.3 is 5.32 Å². The Morgan fingerprint density at radius 2 is 1.94 bits per heavy atom. The molecule has 1 atom stereocenters. The number of nitrogens with one attached hydrogen (secondary N) is 1. The van der Waals surface area contributed by atoms with E-state index in [1.165, 1.54) is 18.2 Å². The van der Waals surface area contributed by atoms with Gasteiger partial charge >= 0.3 is 0 Å². The van der Waals surface area contributed by atoms with Gasteiger partial charge in [0.25, 0.3) is 0 Å². The molecule has 5 heteroatoms. The monoisotopic (exact) mass is 276 g/mol. The first-order chi connectivity index (χ1) is 8.22. The lowest BCUT2D eigenvalue weighted by Crippen LogP contribution is -2.45. The Bertz CT molecular complexity index is 381. The first kappa shape index (κ1) is 15.3. The third-order valence-electron chi connectivity index (χ3n) is 3.30. The van der Waals surface area contributed by atoms with Crippen molar-refractivity contribution in [3.63, 3.8) is 0 Å². The molecule has 0 saturated carbocycles. The van der Waals surface area contributed by atoms with Gasteiger partial charge in [-0.2, -0.15) is 0 Å². The van der Waals surface area contributed by atoms with Crippen molar-refractivity contribution in [2.24, 2.45) is 0 Å². The van der Waals surface area contributed by atoms with Gasteiger partial charge in [-0.3, -0.25) is 4.90 Å². The van der Waals surface area contributed by atoms with Crippen molar-refractivity contribution in [3.05, 3.63) is 35.4 Å². The maximum Gasteiger partial charge on any atom is 0.128 e. The summed E-state index contributed by atoms with van der Waals surface area (Å²) < 4.78 is 27.0. The van der Waals surface area contributed by atoms with E-state index in [9.17, 15) is 8.78 Å². The molecule has 1 aromatic rings. The van der Waals surface area contributed by atoms with E-state index in [4.69, 9.17) is 0 Å². The fraction of sp³-hybridized carbons (Fsp3) is 0.538. The average Bonchev–Trinajstić information content (AvgIpc) is 2.36. The second-order valence-corrected chi connectivity index (χ2v) is 4.38. The summed E-state index contributed by atoms with van der Waals surface area (Å²) in [6, 6.07) is 3.69. The summed E-state index contributed by atoms with van der Waals surface area (Å²) in [7, 11) is 0. The molecule has 18 heavy (non-hydrogen) atoms. The lowest BCUT2D eigenvalue weighted by molar-refractivity contribution is 0.166. The maximum absolute atomic E-state index is 13.8. The zero-order valence-electron chi connectivity index (χ0n) is 10.5. The molecule has 0 aromatic heterocycles. The molecule has 0 aliphatic carbocycles. The summed E-state index contributed by atoms with van der Waals surface area (Å²) in [6.45, 7) is 5.60. The van der Waals surface area contributed by atoms with Gasteiger partial charge in [-0.1, -0.05) is 6.92 Å². The van der Waals surface area contributed by atoms with Crippen LogP contribution in [-0.4, -0.2) is 31.1 Å². The van der Waals surface area contributed by atoms with Crippen molar-refractivity contribution in [2.75, 3.05) is 26.2 Å². The first-order valence-corrected chi connectivity index (χ1v) is 6.12.